The van der Waals surface area contributed by atoms with E-state index >= 15 is 0 Å². The summed E-state index contributed by atoms with van der Waals surface area (Å²) < 4.78 is 0. The quantitative estimate of drug-likeness (QED) is 0.800. The van der Waals surface area contributed by atoms with E-state index in [4.69, 9.17) is 11.6 Å². The van der Waals surface area contributed by atoms with Crippen LogP contribution in [-0.4, -0.2) is 9.97 Å². The van der Waals surface area contributed by atoms with E-state index < -0.39 is 0 Å². The first-order chi connectivity index (χ1) is 10.3. The first-order valence-electron chi connectivity index (χ1n) is 7.80. The Balaban J connectivity index is 1.51. The number of imidazole rings is 1. The minimum absolute atomic E-state index is 0.613. The van der Waals surface area contributed by atoms with E-state index in [0.717, 1.165) is 37.4 Å². The number of H-pyrrole nitrogens is 1. The van der Waals surface area contributed by atoms with Crippen molar-refractivity contribution in [2.45, 2.75) is 58.5 Å². The van der Waals surface area contributed by atoms with E-state index in [1.807, 2.05) is 11.3 Å². The highest BCUT2D eigenvalue weighted by atomic mass is 35.5. The second kappa shape index (κ2) is 6.95. The molecule has 2 aromatic rings. The Bertz CT molecular complexity index is 581. The van der Waals surface area contributed by atoms with Gasteiger partial charge in [-0.2, -0.15) is 0 Å². The van der Waals surface area contributed by atoms with Gasteiger partial charge in [0.25, 0.3) is 0 Å². The summed E-state index contributed by atoms with van der Waals surface area (Å²) in [5.41, 5.74) is 2.57. The van der Waals surface area contributed by atoms with Crippen LogP contribution in [0, 0.1) is 0 Å². The van der Waals surface area contributed by atoms with Crippen LogP contribution < -0.4 is 5.32 Å². The zero-order valence-corrected chi connectivity index (χ0v) is 14.0. The third-order valence-electron chi connectivity index (χ3n) is 3.94. The summed E-state index contributed by atoms with van der Waals surface area (Å²) in [5.74, 6) is 1.01. The summed E-state index contributed by atoms with van der Waals surface area (Å²) >= 11 is 8.14. The molecule has 0 bridgehead atoms. The Morgan fingerprint density at radius 3 is 3.10 bits per heavy atom. The molecule has 0 unspecified atom stereocenters. The van der Waals surface area contributed by atoms with Gasteiger partial charge in [-0.3, -0.25) is 0 Å². The molecule has 21 heavy (non-hydrogen) atoms. The van der Waals surface area contributed by atoms with Gasteiger partial charge in [-0.1, -0.05) is 24.9 Å². The van der Waals surface area contributed by atoms with Gasteiger partial charge in [0, 0.05) is 29.3 Å². The summed E-state index contributed by atoms with van der Waals surface area (Å²) in [6.07, 6.45) is 7.17. The van der Waals surface area contributed by atoms with Crippen molar-refractivity contribution in [2.24, 2.45) is 0 Å². The van der Waals surface area contributed by atoms with Crippen molar-refractivity contribution in [1.82, 2.24) is 15.3 Å². The first-order valence-corrected chi connectivity index (χ1v) is 9.00. The molecule has 5 heteroatoms. The molecule has 0 aromatic carbocycles. The molecule has 2 aromatic heterocycles. The van der Waals surface area contributed by atoms with Gasteiger partial charge < -0.3 is 10.3 Å². The van der Waals surface area contributed by atoms with E-state index in [0.29, 0.717) is 5.15 Å². The Kier molecular flexibility index (Phi) is 4.99. The van der Waals surface area contributed by atoms with Crippen LogP contribution in [0.2, 0.25) is 5.15 Å². The second-order valence-corrected chi connectivity index (χ2v) is 7.25. The van der Waals surface area contributed by atoms with Crippen LogP contribution in [0.25, 0.3) is 0 Å². The summed E-state index contributed by atoms with van der Waals surface area (Å²) in [4.78, 5) is 10.7. The number of hydrogen-bond donors (Lipinski definition) is 2. The Hall–Kier alpha value is -0.840. The third-order valence-corrected chi connectivity index (χ3v) is 5.49. The maximum absolute atomic E-state index is 6.19. The highest BCUT2D eigenvalue weighted by Gasteiger charge is 2.14. The van der Waals surface area contributed by atoms with E-state index in [1.54, 1.807) is 10.4 Å². The van der Waals surface area contributed by atoms with E-state index in [9.17, 15) is 0 Å². The highest BCUT2D eigenvalue weighted by molar-refractivity contribution is 7.12. The van der Waals surface area contributed by atoms with Crippen LogP contribution in [0.1, 0.15) is 53.0 Å². The lowest BCUT2D eigenvalue weighted by molar-refractivity contribution is 0.684. The van der Waals surface area contributed by atoms with Gasteiger partial charge in [0.2, 0.25) is 0 Å². The number of unbranched alkanes of at least 4 members (excludes halogenated alkanes) is 1. The maximum atomic E-state index is 6.19. The number of halogens is 1. The number of rotatable bonds is 7. The van der Waals surface area contributed by atoms with E-state index in [2.05, 4.69) is 28.3 Å². The number of hydrogen-bond acceptors (Lipinski definition) is 3. The molecular formula is C16H22ClN3S. The lowest BCUT2D eigenvalue weighted by Gasteiger charge is -2.01. The Morgan fingerprint density at radius 1 is 1.38 bits per heavy atom. The average molecular weight is 324 g/mol. The number of fused-ring (bicyclic) bond motifs is 1. The van der Waals surface area contributed by atoms with Crippen molar-refractivity contribution < 1.29 is 0 Å². The molecule has 0 spiro atoms. The standard InChI is InChI=1S/C16H22ClN3S/c1-2-3-7-15-19-13(16(17)20-15)10-18-9-12-8-11-5-4-6-14(11)21-12/h8,18H,2-7,9-10H2,1H3,(H,19,20). The molecule has 3 nitrogen and oxygen atoms in total. The smallest absolute Gasteiger partial charge is 0.151 e. The predicted octanol–water partition coefficient (Wildman–Crippen LogP) is 4.25. The molecule has 0 amide bonds. The van der Waals surface area contributed by atoms with Crippen LogP contribution >= 0.6 is 22.9 Å². The largest absolute Gasteiger partial charge is 0.344 e. The molecule has 0 aliphatic heterocycles. The Morgan fingerprint density at radius 2 is 2.29 bits per heavy atom. The zero-order chi connectivity index (χ0) is 14.7. The number of thiophene rings is 1. The summed E-state index contributed by atoms with van der Waals surface area (Å²) in [5, 5.41) is 4.08. The molecule has 0 radical (unpaired) electrons. The number of nitrogens with zero attached hydrogens (tertiary/aromatic N) is 1. The van der Waals surface area contributed by atoms with Gasteiger partial charge in [-0.15, -0.1) is 11.3 Å². The van der Waals surface area contributed by atoms with Gasteiger partial charge in [0.1, 0.15) is 5.82 Å². The SMILES string of the molecule is CCCCc1nc(Cl)c(CNCc2cc3c(s2)CCC3)[nH]1. The van der Waals surface area contributed by atoms with Crippen LogP contribution in [0.4, 0.5) is 0 Å². The van der Waals surface area contributed by atoms with Crippen molar-refractivity contribution in [3.05, 3.63) is 38.1 Å². The minimum Gasteiger partial charge on any atom is -0.344 e. The van der Waals surface area contributed by atoms with Crippen LogP contribution in [0.15, 0.2) is 6.07 Å². The molecule has 3 rings (SSSR count). The van der Waals surface area contributed by atoms with Crippen LogP contribution in [0.5, 0.6) is 0 Å². The highest BCUT2D eigenvalue weighted by Crippen LogP contribution is 2.30. The van der Waals surface area contributed by atoms with Crippen molar-refractivity contribution >= 4 is 22.9 Å². The molecular weight excluding hydrogens is 302 g/mol. The fourth-order valence-electron chi connectivity index (χ4n) is 2.81. The van der Waals surface area contributed by atoms with Gasteiger partial charge in [0.05, 0.1) is 5.69 Å². The molecule has 2 N–H and O–H groups in total. The number of aromatic amines is 1. The van der Waals surface area contributed by atoms with Gasteiger partial charge >= 0.3 is 0 Å². The minimum atomic E-state index is 0.613. The third kappa shape index (κ3) is 3.68. The zero-order valence-electron chi connectivity index (χ0n) is 12.5. The molecule has 0 saturated heterocycles. The first kappa shape index (κ1) is 15.1. The molecule has 2 heterocycles. The van der Waals surface area contributed by atoms with Crippen molar-refractivity contribution in [3.63, 3.8) is 0 Å². The molecule has 114 valence electrons. The fourth-order valence-corrected chi connectivity index (χ4v) is 4.25. The van der Waals surface area contributed by atoms with Crippen LogP contribution in [-0.2, 0) is 32.4 Å². The lowest BCUT2D eigenvalue weighted by atomic mass is 10.2. The normalized spacial score (nSPS) is 13.8. The lowest BCUT2D eigenvalue weighted by Crippen LogP contribution is -2.12. The molecule has 0 fully saturated rings. The monoisotopic (exact) mass is 323 g/mol. The van der Waals surface area contributed by atoms with E-state index in [1.165, 1.54) is 30.6 Å². The van der Waals surface area contributed by atoms with Crippen molar-refractivity contribution in [1.29, 1.82) is 0 Å². The fraction of sp³-hybridized carbons (Fsp3) is 0.562. The molecule has 0 saturated carbocycles. The van der Waals surface area contributed by atoms with Gasteiger partial charge in [0.15, 0.2) is 5.15 Å². The predicted molar refractivity (Wildman–Crippen MR) is 89.1 cm³/mol. The Labute approximate surface area is 135 Å². The number of nitrogens with one attached hydrogen (secondary N) is 2. The van der Waals surface area contributed by atoms with Gasteiger partial charge in [-0.25, -0.2) is 4.98 Å². The number of aromatic nitrogens is 2. The topological polar surface area (TPSA) is 40.7 Å². The number of aryl methyl sites for hydroxylation is 3. The molecule has 1 aliphatic rings. The summed E-state index contributed by atoms with van der Waals surface area (Å²) in [6.45, 7) is 3.85. The van der Waals surface area contributed by atoms with Gasteiger partial charge in [-0.05, 0) is 37.3 Å². The van der Waals surface area contributed by atoms with E-state index in [-0.39, 0.29) is 0 Å². The van der Waals surface area contributed by atoms with Crippen molar-refractivity contribution in [2.75, 3.05) is 0 Å². The summed E-state index contributed by atoms with van der Waals surface area (Å²) in [6, 6.07) is 2.36. The molecule has 0 atom stereocenters. The van der Waals surface area contributed by atoms with Crippen molar-refractivity contribution in [3.8, 4) is 0 Å². The van der Waals surface area contributed by atoms with Crippen LogP contribution in [0.3, 0.4) is 0 Å². The maximum Gasteiger partial charge on any atom is 0.151 e. The summed E-state index contributed by atoms with van der Waals surface area (Å²) in [7, 11) is 0. The second-order valence-electron chi connectivity index (χ2n) is 5.67. The average Bonchev–Trinajstić information content (AvgIpc) is 3.12. The molecule has 1 aliphatic carbocycles.